The molecule has 7 heavy (non-hydrogen) atoms. The fourth-order valence-electron chi connectivity index (χ4n) is 0.142. The molecule has 0 aromatic rings. The number of hydrogen-bond donors (Lipinski definition) is 0. The molecular formula is C5H8ClO. The lowest BCUT2D eigenvalue weighted by Gasteiger charge is -1.98. The van der Waals surface area contributed by atoms with Crippen LogP contribution in [0.2, 0.25) is 0 Å². The first kappa shape index (κ1) is 6.99. The molecule has 0 aromatic carbocycles. The van der Waals surface area contributed by atoms with Crippen LogP contribution >= 0.6 is 11.6 Å². The zero-order valence-corrected chi connectivity index (χ0v) is 5.03. The second-order valence-corrected chi connectivity index (χ2v) is 2.01. The van der Waals surface area contributed by atoms with Crippen LogP contribution in [0.15, 0.2) is 12.2 Å². The van der Waals surface area contributed by atoms with Crippen molar-refractivity contribution >= 4 is 11.6 Å². The van der Waals surface area contributed by atoms with Gasteiger partial charge in [-0.3, -0.25) is 0 Å². The highest BCUT2D eigenvalue weighted by atomic mass is 35.5. The molecule has 1 unspecified atom stereocenters. The molecule has 0 aliphatic carbocycles. The SMILES string of the molecule is C=C(C)C(Cl)C[O]. The second-order valence-electron chi connectivity index (χ2n) is 1.48. The van der Waals surface area contributed by atoms with Gasteiger partial charge in [-0.05, 0) is 6.92 Å². The molecule has 0 N–H and O–H groups in total. The maximum atomic E-state index is 9.88. The monoisotopic (exact) mass is 119 g/mol. The van der Waals surface area contributed by atoms with Crippen LogP contribution in [0, 0.1) is 0 Å². The summed E-state index contributed by atoms with van der Waals surface area (Å²) in [4.78, 5) is 0. The lowest BCUT2D eigenvalue weighted by Crippen LogP contribution is -2.02. The quantitative estimate of drug-likeness (QED) is 0.389. The molecule has 1 atom stereocenters. The van der Waals surface area contributed by atoms with Gasteiger partial charge in [0.25, 0.3) is 0 Å². The standard InChI is InChI=1S/C5H8ClO/c1-4(2)5(6)3-7/h5H,1,3H2,2H3. The molecule has 1 nitrogen and oxygen atoms in total. The number of rotatable bonds is 2. The number of alkyl halides is 1. The summed E-state index contributed by atoms with van der Waals surface area (Å²) in [5.41, 5.74) is 0.747. The zero-order valence-electron chi connectivity index (χ0n) is 4.28. The van der Waals surface area contributed by atoms with Crippen molar-refractivity contribution in [3.05, 3.63) is 12.2 Å². The minimum Gasteiger partial charge on any atom is -0.235 e. The highest BCUT2D eigenvalue weighted by Gasteiger charge is 2.00. The highest BCUT2D eigenvalue weighted by Crippen LogP contribution is 2.03. The van der Waals surface area contributed by atoms with Gasteiger partial charge in [0.05, 0.1) is 5.38 Å². The topological polar surface area (TPSA) is 19.9 Å². The van der Waals surface area contributed by atoms with E-state index in [2.05, 4.69) is 6.58 Å². The molecule has 0 bridgehead atoms. The maximum Gasteiger partial charge on any atom is 0.102 e. The zero-order chi connectivity index (χ0) is 5.86. The van der Waals surface area contributed by atoms with Gasteiger partial charge in [0.15, 0.2) is 0 Å². The average Bonchev–Trinajstić information content (AvgIpc) is 1.65. The second kappa shape index (κ2) is 3.05. The smallest absolute Gasteiger partial charge is 0.102 e. The van der Waals surface area contributed by atoms with Gasteiger partial charge < -0.3 is 0 Å². The van der Waals surface area contributed by atoms with E-state index < -0.39 is 0 Å². The van der Waals surface area contributed by atoms with Gasteiger partial charge in [-0.25, -0.2) is 5.11 Å². The van der Waals surface area contributed by atoms with Crippen molar-refractivity contribution in [2.45, 2.75) is 12.3 Å². The maximum absolute atomic E-state index is 9.88. The lowest BCUT2D eigenvalue weighted by atomic mass is 10.2. The van der Waals surface area contributed by atoms with Crippen molar-refractivity contribution < 1.29 is 5.11 Å². The molecule has 2 heteroatoms. The summed E-state index contributed by atoms with van der Waals surface area (Å²) in [5, 5.41) is 9.50. The Morgan fingerprint density at radius 1 is 2.00 bits per heavy atom. The van der Waals surface area contributed by atoms with Gasteiger partial charge in [-0.15, -0.1) is 11.6 Å². The Labute approximate surface area is 48.6 Å². The lowest BCUT2D eigenvalue weighted by molar-refractivity contribution is 0.199. The van der Waals surface area contributed by atoms with Crippen molar-refractivity contribution in [2.75, 3.05) is 6.61 Å². The van der Waals surface area contributed by atoms with Gasteiger partial charge in [0.2, 0.25) is 0 Å². The first-order valence-electron chi connectivity index (χ1n) is 2.06. The molecule has 0 rings (SSSR count). The van der Waals surface area contributed by atoms with E-state index in [-0.39, 0.29) is 12.0 Å². The first-order valence-corrected chi connectivity index (χ1v) is 2.49. The predicted molar refractivity (Wildman–Crippen MR) is 30.0 cm³/mol. The largest absolute Gasteiger partial charge is 0.235 e. The molecule has 0 saturated heterocycles. The summed E-state index contributed by atoms with van der Waals surface area (Å²) < 4.78 is 0. The van der Waals surface area contributed by atoms with Crippen LogP contribution in [0.25, 0.3) is 0 Å². The van der Waals surface area contributed by atoms with Crippen LogP contribution in [0.1, 0.15) is 6.92 Å². The van der Waals surface area contributed by atoms with E-state index in [4.69, 9.17) is 11.6 Å². The molecule has 0 spiro atoms. The number of halogens is 1. The van der Waals surface area contributed by atoms with Gasteiger partial charge in [-0.1, -0.05) is 12.2 Å². The van der Waals surface area contributed by atoms with E-state index in [0.29, 0.717) is 0 Å². The van der Waals surface area contributed by atoms with Crippen LogP contribution < -0.4 is 0 Å². The molecular weight excluding hydrogens is 112 g/mol. The third kappa shape index (κ3) is 2.66. The van der Waals surface area contributed by atoms with Gasteiger partial charge in [0, 0.05) is 0 Å². The molecule has 0 heterocycles. The van der Waals surface area contributed by atoms with Crippen LogP contribution in [-0.4, -0.2) is 12.0 Å². The molecule has 41 valence electrons. The van der Waals surface area contributed by atoms with E-state index in [1.165, 1.54) is 0 Å². The van der Waals surface area contributed by atoms with E-state index in [0.717, 1.165) is 5.57 Å². The summed E-state index contributed by atoms with van der Waals surface area (Å²) >= 11 is 5.39. The van der Waals surface area contributed by atoms with E-state index >= 15 is 0 Å². The fraction of sp³-hybridized carbons (Fsp3) is 0.600. The molecule has 0 aromatic heterocycles. The molecule has 0 amide bonds. The van der Waals surface area contributed by atoms with Crippen molar-refractivity contribution in [3.63, 3.8) is 0 Å². The average molecular weight is 120 g/mol. The van der Waals surface area contributed by atoms with Crippen LogP contribution in [0.4, 0.5) is 0 Å². The summed E-state index contributed by atoms with van der Waals surface area (Å²) in [6.07, 6.45) is 0. The van der Waals surface area contributed by atoms with Crippen molar-refractivity contribution in [1.29, 1.82) is 0 Å². The Hall–Kier alpha value is -0.0100. The van der Waals surface area contributed by atoms with E-state index in [1.807, 2.05) is 0 Å². The summed E-state index contributed by atoms with van der Waals surface area (Å²) in [6, 6.07) is 0. The highest BCUT2D eigenvalue weighted by molar-refractivity contribution is 6.22. The minimum atomic E-state index is -0.375. The molecule has 0 aliphatic heterocycles. The van der Waals surface area contributed by atoms with Crippen LogP contribution in [0.5, 0.6) is 0 Å². The van der Waals surface area contributed by atoms with Crippen LogP contribution in [-0.2, 0) is 5.11 Å². The molecule has 0 aliphatic rings. The Morgan fingerprint density at radius 3 is 2.43 bits per heavy atom. The van der Waals surface area contributed by atoms with E-state index in [1.54, 1.807) is 6.92 Å². The molecule has 0 saturated carbocycles. The Morgan fingerprint density at radius 2 is 2.43 bits per heavy atom. The minimum absolute atomic E-state index is 0.267. The summed E-state index contributed by atoms with van der Waals surface area (Å²) in [5.74, 6) is 0. The third-order valence-corrected chi connectivity index (χ3v) is 1.18. The Bertz CT molecular complexity index is 70.5. The summed E-state index contributed by atoms with van der Waals surface area (Å²) in [6.45, 7) is 4.97. The first-order chi connectivity index (χ1) is 3.18. The Balaban J connectivity index is 3.34. The van der Waals surface area contributed by atoms with Gasteiger partial charge in [0.1, 0.15) is 6.61 Å². The summed E-state index contributed by atoms with van der Waals surface area (Å²) in [7, 11) is 0. The normalized spacial score (nSPS) is 13.6. The Kier molecular flexibility index (Phi) is 3.05. The van der Waals surface area contributed by atoms with Gasteiger partial charge in [-0.2, -0.15) is 0 Å². The third-order valence-electron chi connectivity index (χ3n) is 0.681. The van der Waals surface area contributed by atoms with E-state index in [9.17, 15) is 5.11 Å². The van der Waals surface area contributed by atoms with Gasteiger partial charge >= 0.3 is 0 Å². The predicted octanol–water partition coefficient (Wildman–Crippen LogP) is 1.60. The van der Waals surface area contributed by atoms with Crippen molar-refractivity contribution in [1.82, 2.24) is 0 Å². The molecule has 0 fully saturated rings. The fourth-order valence-corrected chi connectivity index (χ4v) is 0.142. The van der Waals surface area contributed by atoms with Crippen LogP contribution in [0.3, 0.4) is 0 Å². The molecule has 1 radical (unpaired) electrons. The number of hydrogen-bond acceptors (Lipinski definition) is 0. The van der Waals surface area contributed by atoms with Crippen molar-refractivity contribution in [3.8, 4) is 0 Å². The van der Waals surface area contributed by atoms with Crippen molar-refractivity contribution in [2.24, 2.45) is 0 Å².